The van der Waals surface area contributed by atoms with Gasteiger partial charge in [0.15, 0.2) is 0 Å². The van der Waals surface area contributed by atoms with Gasteiger partial charge >= 0.3 is 0 Å². The first-order chi connectivity index (χ1) is 14.3. The minimum absolute atomic E-state index is 0.496. The van der Waals surface area contributed by atoms with Gasteiger partial charge in [0.2, 0.25) is 10.0 Å². The summed E-state index contributed by atoms with van der Waals surface area (Å²) in [4.78, 5) is 2.54. The number of aryl methyl sites for hydroxylation is 1. The lowest BCUT2D eigenvalue weighted by Gasteiger charge is -2.32. The molecule has 30 heavy (non-hydrogen) atoms. The number of likely N-dealkylation sites (tertiary alicyclic amines) is 1. The molecule has 1 saturated carbocycles. The van der Waals surface area contributed by atoms with E-state index in [1.165, 1.54) is 12.7 Å². The lowest BCUT2D eigenvalue weighted by molar-refractivity contribution is 0.197. The quantitative estimate of drug-likeness (QED) is 0.564. The highest BCUT2D eigenvalue weighted by Crippen LogP contribution is 2.40. The predicted octanol–water partition coefficient (Wildman–Crippen LogP) is 3.32. The molecule has 5 rings (SSSR count). The molecular formula is C22H27N5O2S. The van der Waals surface area contributed by atoms with Crippen molar-refractivity contribution >= 4 is 32.3 Å². The zero-order chi connectivity index (χ0) is 20.9. The minimum atomic E-state index is -3.28. The summed E-state index contributed by atoms with van der Waals surface area (Å²) in [6, 6.07) is 13.5. The van der Waals surface area contributed by atoms with Crippen molar-refractivity contribution in [2.75, 3.05) is 22.8 Å². The summed E-state index contributed by atoms with van der Waals surface area (Å²) in [7, 11) is -3.28. The molecule has 1 aromatic heterocycles. The normalized spacial score (nSPS) is 23.9. The van der Waals surface area contributed by atoms with Crippen molar-refractivity contribution in [3.05, 3.63) is 53.7 Å². The van der Waals surface area contributed by atoms with Crippen molar-refractivity contribution in [1.82, 2.24) is 15.1 Å². The average Bonchev–Trinajstić information content (AvgIpc) is 3.38. The molecule has 2 bridgehead atoms. The van der Waals surface area contributed by atoms with Crippen LogP contribution in [0.3, 0.4) is 0 Å². The second-order valence-electron chi connectivity index (χ2n) is 8.76. The number of anilines is 2. The molecule has 2 heterocycles. The van der Waals surface area contributed by atoms with E-state index in [9.17, 15) is 8.42 Å². The molecule has 8 heteroatoms. The van der Waals surface area contributed by atoms with Gasteiger partial charge in [-0.2, -0.15) is 5.10 Å². The highest BCUT2D eigenvalue weighted by molar-refractivity contribution is 7.92. The van der Waals surface area contributed by atoms with Crippen LogP contribution in [0.4, 0.5) is 11.4 Å². The number of benzene rings is 2. The molecule has 2 aliphatic rings. The molecular weight excluding hydrogens is 398 g/mol. The Morgan fingerprint density at radius 3 is 2.83 bits per heavy atom. The zero-order valence-corrected chi connectivity index (χ0v) is 18.0. The van der Waals surface area contributed by atoms with Crippen LogP contribution in [0.5, 0.6) is 0 Å². The minimum Gasteiger partial charge on any atom is -0.382 e. The molecule has 2 fully saturated rings. The second-order valence-corrected chi connectivity index (χ2v) is 10.5. The Labute approximate surface area is 176 Å². The van der Waals surface area contributed by atoms with Crippen LogP contribution in [-0.2, 0) is 16.6 Å². The van der Waals surface area contributed by atoms with Gasteiger partial charge in [-0.25, -0.2) is 8.42 Å². The number of rotatable bonds is 6. The first-order valence-electron chi connectivity index (χ1n) is 10.3. The summed E-state index contributed by atoms with van der Waals surface area (Å²) in [5.74, 6) is 0.633. The Morgan fingerprint density at radius 1 is 1.20 bits per heavy atom. The molecule has 3 unspecified atom stereocenters. The molecule has 3 aromatic rings. The van der Waals surface area contributed by atoms with Crippen molar-refractivity contribution in [3.8, 4) is 0 Å². The molecule has 3 N–H and O–H groups in total. The molecule has 158 valence electrons. The van der Waals surface area contributed by atoms with Crippen molar-refractivity contribution in [1.29, 1.82) is 0 Å². The monoisotopic (exact) mass is 425 g/mol. The van der Waals surface area contributed by atoms with Gasteiger partial charge in [0.05, 0.1) is 23.7 Å². The summed E-state index contributed by atoms with van der Waals surface area (Å²) in [5.41, 5.74) is 4.97. The highest BCUT2D eigenvalue weighted by atomic mass is 32.2. The lowest BCUT2D eigenvalue weighted by atomic mass is 10.0. The van der Waals surface area contributed by atoms with Crippen LogP contribution in [0.2, 0.25) is 0 Å². The third-order valence-electron chi connectivity index (χ3n) is 6.43. The van der Waals surface area contributed by atoms with Gasteiger partial charge in [-0.1, -0.05) is 12.1 Å². The smallest absolute Gasteiger partial charge is 0.229 e. The van der Waals surface area contributed by atoms with E-state index in [-0.39, 0.29) is 0 Å². The first kappa shape index (κ1) is 19.4. The van der Waals surface area contributed by atoms with Crippen LogP contribution in [0, 0.1) is 12.8 Å². The largest absolute Gasteiger partial charge is 0.382 e. The standard InChI is InChI=1S/C22H27N5O2S/c1-14-3-4-15(7-21(14)26-30(2,28)29)12-27-13-17-9-19(27)10-22(17)24-18-5-6-20-16(8-18)11-23-25-20/h3-8,11,17,19,22,24,26H,9-10,12-13H2,1-2H3,(H,23,25). The van der Waals surface area contributed by atoms with Gasteiger partial charge < -0.3 is 5.32 Å². The number of sulfonamides is 1. The third-order valence-corrected chi connectivity index (χ3v) is 7.02. The molecule has 1 aliphatic heterocycles. The lowest BCUT2D eigenvalue weighted by Crippen LogP contribution is -2.40. The fourth-order valence-corrected chi connectivity index (χ4v) is 5.59. The summed E-state index contributed by atoms with van der Waals surface area (Å²) >= 11 is 0. The molecule has 1 saturated heterocycles. The van der Waals surface area contributed by atoms with Crippen LogP contribution in [0.25, 0.3) is 10.9 Å². The maximum absolute atomic E-state index is 11.6. The van der Waals surface area contributed by atoms with Gasteiger partial charge in [-0.05, 0) is 61.1 Å². The van der Waals surface area contributed by atoms with E-state index in [2.05, 4.69) is 49.4 Å². The van der Waals surface area contributed by atoms with Crippen LogP contribution in [0.1, 0.15) is 24.0 Å². The van der Waals surface area contributed by atoms with Crippen molar-refractivity contribution in [3.63, 3.8) is 0 Å². The Bertz CT molecular complexity index is 1190. The Morgan fingerprint density at radius 2 is 2.07 bits per heavy atom. The third kappa shape index (κ3) is 3.89. The molecule has 0 radical (unpaired) electrons. The second kappa shape index (κ2) is 7.28. The number of nitrogens with one attached hydrogen (secondary N) is 3. The number of piperidine rings is 1. The number of hydrogen-bond donors (Lipinski definition) is 3. The number of hydrogen-bond acceptors (Lipinski definition) is 5. The predicted molar refractivity (Wildman–Crippen MR) is 120 cm³/mol. The highest BCUT2D eigenvalue weighted by Gasteiger charge is 2.44. The molecule has 7 nitrogen and oxygen atoms in total. The zero-order valence-electron chi connectivity index (χ0n) is 17.2. The van der Waals surface area contributed by atoms with E-state index in [1.807, 2.05) is 25.3 Å². The van der Waals surface area contributed by atoms with Crippen LogP contribution >= 0.6 is 0 Å². The Kier molecular flexibility index (Phi) is 4.71. The topological polar surface area (TPSA) is 90.1 Å². The maximum atomic E-state index is 11.6. The number of H-pyrrole nitrogens is 1. The van der Waals surface area contributed by atoms with E-state index in [0.29, 0.717) is 23.7 Å². The Hall–Kier alpha value is -2.58. The number of aromatic nitrogens is 2. The summed E-state index contributed by atoms with van der Waals surface area (Å²) in [6.45, 7) is 3.85. The fraction of sp³-hybridized carbons (Fsp3) is 0.409. The van der Waals surface area contributed by atoms with E-state index >= 15 is 0 Å². The number of fused-ring (bicyclic) bond motifs is 3. The van der Waals surface area contributed by atoms with Gasteiger partial charge in [0, 0.05) is 36.2 Å². The van der Waals surface area contributed by atoms with Gasteiger partial charge in [0.25, 0.3) is 0 Å². The fourth-order valence-electron chi connectivity index (χ4n) is 4.97. The molecule has 1 aliphatic carbocycles. The van der Waals surface area contributed by atoms with E-state index in [1.54, 1.807) is 0 Å². The van der Waals surface area contributed by atoms with Crippen molar-refractivity contribution in [2.24, 2.45) is 5.92 Å². The van der Waals surface area contributed by atoms with E-state index in [0.717, 1.165) is 47.2 Å². The summed E-state index contributed by atoms with van der Waals surface area (Å²) in [6.07, 6.45) is 5.40. The summed E-state index contributed by atoms with van der Waals surface area (Å²) in [5, 5.41) is 12.0. The maximum Gasteiger partial charge on any atom is 0.229 e. The van der Waals surface area contributed by atoms with Gasteiger partial charge in [-0.3, -0.25) is 14.7 Å². The van der Waals surface area contributed by atoms with E-state index in [4.69, 9.17) is 0 Å². The van der Waals surface area contributed by atoms with Crippen LogP contribution in [0.15, 0.2) is 42.6 Å². The van der Waals surface area contributed by atoms with Crippen molar-refractivity contribution in [2.45, 2.75) is 38.4 Å². The Balaban J connectivity index is 1.23. The molecule has 3 atom stereocenters. The average molecular weight is 426 g/mol. The first-order valence-corrected chi connectivity index (χ1v) is 12.2. The van der Waals surface area contributed by atoms with Gasteiger partial charge in [0.1, 0.15) is 0 Å². The SMILES string of the molecule is Cc1ccc(CN2CC3CC2CC3Nc2ccc3[nH]ncc3c2)cc1NS(C)(=O)=O. The van der Waals surface area contributed by atoms with Gasteiger partial charge in [-0.15, -0.1) is 0 Å². The van der Waals surface area contributed by atoms with E-state index < -0.39 is 10.0 Å². The van der Waals surface area contributed by atoms with Crippen LogP contribution in [-0.4, -0.2) is 48.4 Å². The molecule has 0 amide bonds. The van der Waals surface area contributed by atoms with Crippen LogP contribution < -0.4 is 10.0 Å². The number of aromatic amines is 1. The number of nitrogens with zero attached hydrogens (tertiary/aromatic N) is 2. The molecule has 0 spiro atoms. The summed E-state index contributed by atoms with van der Waals surface area (Å²) < 4.78 is 25.9. The molecule has 2 aromatic carbocycles. The van der Waals surface area contributed by atoms with Crippen molar-refractivity contribution < 1.29 is 8.42 Å².